The summed E-state index contributed by atoms with van der Waals surface area (Å²) in [6.45, 7) is 2.06. The zero-order valence-corrected chi connectivity index (χ0v) is 19.5. The molecule has 0 aromatic heterocycles. The molecule has 11 heteroatoms. The number of hydrogen-bond acceptors (Lipinski definition) is 9. The molecule has 3 aromatic carbocycles. The molecule has 36 heavy (non-hydrogen) atoms. The van der Waals surface area contributed by atoms with Gasteiger partial charge in [-0.2, -0.15) is 5.10 Å². The van der Waals surface area contributed by atoms with Gasteiger partial charge >= 0.3 is 5.97 Å². The van der Waals surface area contributed by atoms with E-state index in [1.165, 1.54) is 37.6 Å². The lowest BCUT2D eigenvalue weighted by Crippen LogP contribution is -2.24. The first-order valence-electron chi connectivity index (χ1n) is 10.7. The average Bonchev–Trinajstić information content (AvgIpc) is 2.89. The number of ether oxygens (including phenoxy) is 4. The Labute approximate surface area is 206 Å². The zero-order chi connectivity index (χ0) is 25.9. The van der Waals surface area contributed by atoms with Crippen LogP contribution in [0.25, 0.3) is 0 Å². The molecule has 0 aliphatic rings. The molecular weight excluding hydrogens is 470 g/mol. The van der Waals surface area contributed by atoms with Crippen molar-refractivity contribution in [3.8, 4) is 23.0 Å². The van der Waals surface area contributed by atoms with Gasteiger partial charge in [0.1, 0.15) is 11.5 Å². The van der Waals surface area contributed by atoms with Crippen LogP contribution in [0.15, 0.2) is 71.8 Å². The SMILES string of the molecule is CCOc1ccc(C(=O)Oc2ccc(/C=N\NC(=O)COc3ccc([N+](=O)[O-])cc3)cc2OC)cc1. The van der Waals surface area contributed by atoms with E-state index < -0.39 is 16.8 Å². The van der Waals surface area contributed by atoms with Crippen molar-refractivity contribution in [2.45, 2.75) is 6.92 Å². The number of non-ortho nitro benzene ring substituents is 1. The van der Waals surface area contributed by atoms with Crippen LogP contribution in [0.2, 0.25) is 0 Å². The molecule has 0 spiro atoms. The summed E-state index contributed by atoms with van der Waals surface area (Å²) >= 11 is 0. The quantitative estimate of drug-likeness (QED) is 0.140. The lowest BCUT2D eigenvalue weighted by Gasteiger charge is -2.10. The highest BCUT2D eigenvalue weighted by Gasteiger charge is 2.13. The number of carbonyl (C=O) groups is 2. The van der Waals surface area contributed by atoms with E-state index in [1.807, 2.05) is 6.92 Å². The topological polar surface area (TPSA) is 139 Å². The molecule has 0 heterocycles. The Morgan fingerprint density at radius 1 is 0.972 bits per heavy atom. The fourth-order valence-corrected chi connectivity index (χ4v) is 2.89. The summed E-state index contributed by atoms with van der Waals surface area (Å²) in [4.78, 5) is 34.5. The number of hydrazone groups is 1. The van der Waals surface area contributed by atoms with Crippen molar-refractivity contribution in [2.24, 2.45) is 5.10 Å². The molecule has 1 N–H and O–H groups in total. The summed E-state index contributed by atoms with van der Waals surface area (Å²) in [5.41, 5.74) is 3.16. The fraction of sp³-hybridized carbons (Fsp3) is 0.160. The van der Waals surface area contributed by atoms with Crippen LogP contribution in [0.3, 0.4) is 0 Å². The Morgan fingerprint density at radius 2 is 1.64 bits per heavy atom. The van der Waals surface area contributed by atoms with Crippen LogP contribution >= 0.6 is 0 Å². The number of esters is 1. The minimum absolute atomic E-state index is 0.0798. The van der Waals surface area contributed by atoms with Gasteiger partial charge in [0.05, 0.1) is 30.4 Å². The minimum Gasteiger partial charge on any atom is -0.494 e. The van der Waals surface area contributed by atoms with Gasteiger partial charge in [-0.25, -0.2) is 10.2 Å². The van der Waals surface area contributed by atoms with Crippen molar-refractivity contribution in [3.63, 3.8) is 0 Å². The first kappa shape index (κ1) is 25.7. The average molecular weight is 493 g/mol. The number of nitrogens with one attached hydrogen (secondary N) is 1. The first-order chi connectivity index (χ1) is 17.4. The van der Waals surface area contributed by atoms with Gasteiger partial charge in [-0.05, 0) is 67.1 Å². The van der Waals surface area contributed by atoms with Crippen LogP contribution in [0, 0.1) is 10.1 Å². The molecule has 0 aliphatic carbocycles. The van der Waals surface area contributed by atoms with Gasteiger partial charge < -0.3 is 18.9 Å². The van der Waals surface area contributed by atoms with Gasteiger partial charge in [0, 0.05) is 12.1 Å². The van der Waals surface area contributed by atoms with Crippen molar-refractivity contribution in [2.75, 3.05) is 20.3 Å². The molecule has 11 nitrogen and oxygen atoms in total. The standard InChI is InChI=1S/C25H23N3O8/c1-3-34-20-9-5-18(6-10-20)25(30)36-22-13-4-17(14-23(22)33-2)15-26-27-24(29)16-35-21-11-7-19(8-12-21)28(31)32/h4-15H,3,16H2,1-2H3,(H,27,29)/b26-15-. The van der Waals surface area contributed by atoms with Crippen molar-refractivity contribution in [3.05, 3.63) is 88.0 Å². The van der Waals surface area contributed by atoms with E-state index >= 15 is 0 Å². The highest BCUT2D eigenvalue weighted by Crippen LogP contribution is 2.28. The maximum atomic E-state index is 12.5. The summed E-state index contributed by atoms with van der Waals surface area (Å²) in [6, 6.07) is 16.7. The van der Waals surface area contributed by atoms with Gasteiger partial charge in [0.2, 0.25) is 0 Å². The number of nitro benzene ring substituents is 1. The molecular formula is C25H23N3O8. The van der Waals surface area contributed by atoms with Gasteiger partial charge in [0.15, 0.2) is 18.1 Å². The number of amides is 1. The molecule has 0 bridgehead atoms. The molecule has 0 aliphatic heterocycles. The lowest BCUT2D eigenvalue weighted by atomic mass is 10.2. The van der Waals surface area contributed by atoms with Crippen LogP contribution in [0.5, 0.6) is 23.0 Å². The summed E-state index contributed by atoms with van der Waals surface area (Å²) in [5, 5.41) is 14.5. The number of benzene rings is 3. The summed E-state index contributed by atoms with van der Waals surface area (Å²) in [6.07, 6.45) is 1.38. The van der Waals surface area contributed by atoms with Crippen LogP contribution in [-0.4, -0.2) is 43.3 Å². The summed E-state index contributed by atoms with van der Waals surface area (Å²) in [7, 11) is 1.43. The Hall–Kier alpha value is -4.93. The number of nitrogens with zero attached hydrogens (tertiary/aromatic N) is 2. The molecule has 0 radical (unpaired) electrons. The van der Waals surface area contributed by atoms with Gasteiger partial charge in [-0.15, -0.1) is 0 Å². The smallest absolute Gasteiger partial charge is 0.343 e. The third kappa shape index (κ3) is 7.29. The van der Waals surface area contributed by atoms with Gasteiger partial charge in [0.25, 0.3) is 11.6 Å². The second-order valence-electron chi connectivity index (χ2n) is 7.09. The Bertz CT molecular complexity index is 1240. The molecule has 0 atom stereocenters. The highest BCUT2D eigenvalue weighted by atomic mass is 16.6. The molecule has 0 unspecified atom stereocenters. The van der Waals surface area contributed by atoms with E-state index in [0.29, 0.717) is 35.0 Å². The Kier molecular flexibility index (Phi) is 8.93. The van der Waals surface area contributed by atoms with E-state index in [0.717, 1.165) is 0 Å². The lowest BCUT2D eigenvalue weighted by molar-refractivity contribution is -0.384. The van der Waals surface area contributed by atoms with Crippen molar-refractivity contribution >= 4 is 23.8 Å². The first-order valence-corrected chi connectivity index (χ1v) is 10.7. The van der Waals surface area contributed by atoms with E-state index in [2.05, 4.69) is 10.5 Å². The number of carbonyl (C=O) groups excluding carboxylic acids is 2. The summed E-state index contributed by atoms with van der Waals surface area (Å²) < 4.78 is 21.4. The van der Waals surface area contributed by atoms with Crippen LogP contribution in [0.1, 0.15) is 22.8 Å². The Morgan fingerprint density at radius 3 is 2.28 bits per heavy atom. The minimum atomic E-state index is -0.557. The second-order valence-corrected chi connectivity index (χ2v) is 7.09. The van der Waals surface area contributed by atoms with E-state index in [4.69, 9.17) is 18.9 Å². The predicted molar refractivity (Wildman–Crippen MR) is 130 cm³/mol. The van der Waals surface area contributed by atoms with Crippen molar-refractivity contribution in [1.82, 2.24) is 5.43 Å². The number of methoxy groups -OCH3 is 1. The number of nitro groups is 1. The third-order valence-electron chi connectivity index (χ3n) is 4.61. The third-order valence-corrected chi connectivity index (χ3v) is 4.61. The highest BCUT2D eigenvalue weighted by molar-refractivity contribution is 5.92. The maximum Gasteiger partial charge on any atom is 0.343 e. The molecule has 3 aromatic rings. The monoisotopic (exact) mass is 493 g/mol. The van der Waals surface area contributed by atoms with Crippen LogP contribution < -0.4 is 24.4 Å². The molecule has 0 saturated heterocycles. The molecule has 0 fully saturated rings. The Balaban J connectivity index is 1.53. The normalized spacial score (nSPS) is 10.5. The zero-order valence-electron chi connectivity index (χ0n) is 19.5. The van der Waals surface area contributed by atoms with E-state index in [-0.39, 0.29) is 18.0 Å². The van der Waals surface area contributed by atoms with Gasteiger partial charge in [-0.3, -0.25) is 14.9 Å². The van der Waals surface area contributed by atoms with Crippen molar-refractivity contribution < 1.29 is 33.5 Å². The largest absolute Gasteiger partial charge is 0.494 e. The van der Waals surface area contributed by atoms with E-state index in [1.54, 1.807) is 42.5 Å². The number of hydrogen-bond donors (Lipinski definition) is 1. The summed E-state index contributed by atoms with van der Waals surface area (Å²) in [5.74, 6) is 0.385. The van der Waals surface area contributed by atoms with Crippen LogP contribution in [0.4, 0.5) is 5.69 Å². The predicted octanol–water partition coefficient (Wildman–Crippen LogP) is 3.75. The molecule has 1 amide bonds. The molecule has 0 saturated carbocycles. The maximum absolute atomic E-state index is 12.5. The fourth-order valence-electron chi connectivity index (χ4n) is 2.89. The van der Waals surface area contributed by atoms with Crippen LogP contribution in [-0.2, 0) is 4.79 Å². The van der Waals surface area contributed by atoms with Gasteiger partial charge in [-0.1, -0.05) is 0 Å². The van der Waals surface area contributed by atoms with Crippen molar-refractivity contribution in [1.29, 1.82) is 0 Å². The second kappa shape index (κ2) is 12.5. The molecule has 186 valence electrons. The van der Waals surface area contributed by atoms with E-state index in [9.17, 15) is 19.7 Å². The molecule has 3 rings (SSSR count). The number of rotatable bonds is 11.